The molecule has 1 aromatic heterocycles. The number of amides is 3. The zero-order valence-electron chi connectivity index (χ0n) is 26.6. The standard InChI is InChI=1S/C33H43N5O5S2/c1-21(2)43-32(40)36-25-12-10-23(11-13-25)30-34-19-28(44-30)27-15-14-26(18-29(27)45(41,42)37-33(3,4)5)35-31(39)38-17-16-22-8-6-7-9-24(22)20-38/h6-9,14-15,18-19,21,23,25,37H,10-13,16-17,20H2,1-5H3,(H,35,39)(H,36,40). The summed E-state index contributed by atoms with van der Waals surface area (Å²) < 4.78 is 35.4. The SMILES string of the molecule is CC(C)OC(=O)NC1CCC(c2ncc(-c3ccc(NC(=O)N4CCc5ccccc5C4)cc3S(=O)(=O)NC(C)(C)C)s2)CC1. The van der Waals surface area contributed by atoms with Crippen molar-refractivity contribution in [3.05, 3.63) is 64.8 Å². The van der Waals surface area contributed by atoms with Crippen LogP contribution in [0.3, 0.4) is 0 Å². The molecule has 3 N–H and O–H groups in total. The predicted molar refractivity (Wildman–Crippen MR) is 177 cm³/mol. The molecule has 12 heteroatoms. The molecule has 2 heterocycles. The van der Waals surface area contributed by atoms with Crippen molar-refractivity contribution < 1.29 is 22.7 Å². The van der Waals surface area contributed by atoms with Crippen molar-refractivity contribution in [3.63, 3.8) is 0 Å². The van der Waals surface area contributed by atoms with Gasteiger partial charge in [-0.2, -0.15) is 0 Å². The average Bonchev–Trinajstić information content (AvgIpc) is 3.46. The maximum atomic E-state index is 13.7. The number of hydrogen-bond acceptors (Lipinski definition) is 7. The summed E-state index contributed by atoms with van der Waals surface area (Å²) in [5, 5.41) is 6.83. The molecule has 242 valence electrons. The number of ether oxygens (including phenoxy) is 1. The summed E-state index contributed by atoms with van der Waals surface area (Å²) >= 11 is 1.49. The lowest BCUT2D eigenvalue weighted by molar-refractivity contribution is 0.109. The summed E-state index contributed by atoms with van der Waals surface area (Å²) in [6, 6.07) is 12.9. The number of anilines is 1. The first-order chi connectivity index (χ1) is 21.3. The highest BCUT2D eigenvalue weighted by atomic mass is 32.2. The van der Waals surface area contributed by atoms with Gasteiger partial charge in [0, 0.05) is 48.0 Å². The van der Waals surface area contributed by atoms with Crippen molar-refractivity contribution in [3.8, 4) is 10.4 Å². The van der Waals surface area contributed by atoms with Crippen LogP contribution >= 0.6 is 11.3 Å². The fourth-order valence-corrected chi connectivity index (χ4v) is 8.71. The molecule has 45 heavy (non-hydrogen) atoms. The van der Waals surface area contributed by atoms with E-state index in [0.29, 0.717) is 24.3 Å². The van der Waals surface area contributed by atoms with Crippen LogP contribution in [0.5, 0.6) is 0 Å². The van der Waals surface area contributed by atoms with Gasteiger partial charge >= 0.3 is 12.1 Å². The molecule has 5 rings (SSSR count). The molecular weight excluding hydrogens is 611 g/mol. The Balaban J connectivity index is 1.34. The van der Waals surface area contributed by atoms with Gasteiger partial charge in [-0.15, -0.1) is 11.3 Å². The third kappa shape index (κ3) is 8.42. The second-order valence-electron chi connectivity index (χ2n) is 13.1. The summed E-state index contributed by atoms with van der Waals surface area (Å²) in [6.07, 6.45) is 5.32. The number of carbonyl (C=O) groups excluding carboxylic acids is 2. The number of urea groups is 1. The predicted octanol–water partition coefficient (Wildman–Crippen LogP) is 6.64. The normalized spacial score (nSPS) is 18.8. The number of sulfonamides is 1. The number of nitrogens with zero attached hydrogens (tertiary/aromatic N) is 2. The fraction of sp³-hybridized carbons (Fsp3) is 0.485. The van der Waals surface area contributed by atoms with Gasteiger partial charge in [0.2, 0.25) is 10.0 Å². The second-order valence-corrected chi connectivity index (χ2v) is 15.9. The number of rotatable bonds is 7. The van der Waals surface area contributed by atoms with Crippen molar-refractivity contribution in [2.24, 2.45) is 0 Å². The Hall–Kier alpha value is -3.48. The first kappa shape index (κ1) is 32.9. The summed E-state index contributed by atoms with van der Waals surface area (Å²) in [7, 11) is -3.95. The maximum Gasteiger partial charge on any atom is 0.407 e. The van der Waals surface area contributed by atoms with Gasteiger partial charge in [0.15, 0.2) is 0 Å². The van der Waals surface area contributed by atoms with Gasteiger partial charge in [0.1, 0.15) is 0 Å². The van der Waals surface area contributed by atoms with Crippen molar-refractivity contribution in [2.75, 3.05) is 11.9 Å². The lowest BCUT2D eigenvalue weighted by atomic mass is 9.86. The first-order valence-corrected chi connectivity index (χ1v) is 17.8. The lowest BCUT2D eigenvalue weighted by Gasteiger charge is -2.29. The monoisotopic (exact) mass is 653 g/mol. The van der Waals surface area contributed by atoms with Crippen LogP contribution in [0.1, 0.15) is 82.4 Å². The van der Waals surface area contributed by atoms with Gasteiger partial charge in [-0.1, -0.05) is 30.3 Å². The van der Waals surface area contributed by atoms with E-state index in [-0.39, 0.29) is 35.1 Å². The number of nitrogens with one attached hydrogen (secondary N) is 3. The van der Waals surface area contributed by atoms with Crippen molar-refractivity contribution in [1.82, 2.24) is 19.9 Å². The molecule has 1 aliphatic carbocycles. The zero-order valence-corrected chi connectivity index (χ0v) is 28.2. The topological polar surface area (TPSA) is 130 Å². The number of fused-ring (bicyclic) bond motifs is 1. The largest absolute Gasteiger partial charge is 0.447 e. The zero-order chi connectivity index (χ0) is 32.4. The van der Waals surface area contributed by atoms with Crippen LogP contribution < -0.4 is 15.4 Å². The van der Waals surface area contributed by atoms with Crippen LogP contribution in [0, 0.1) is 0 Å². The number of alkyl carbamates (subject to hydrolysis) is 1. The second kappa shape index (κ2) is 13.5. The molecule has 3 aromatic rings. The molecule has 10 nitrogen and oxygen atoms in total. The van der Waals surface area contributed by atoms with Gasteiger partial charge in [-0.25, -0.2) is 27.7 Å². The van der Waals surface area contributed by atoms with Crippen molar-refractivity contribution in [1.29, 1.82) is 0 Å². The van der Waals surface area contributed by atoms with Gasteiger partial charge in [-0.05, 0) is 90.0 Å². The van der Waals surface area contributed by atoms with Crippen molar-refractivity contribution in [2.45, 2.75) is 102 Å². The Labute approximate surface area is 270 Å². The van der Waals surface area contributed by atoms with Crippen molar-refractivity contribution >= 4 is 39.2 Å². The molecule has 2 aliphatic rings. The highest BCUT2D eigenvalue weighted by Crippen LogP contribution is 2.40. The summed E-state index contributed by atoms with van der Waals surface area (Å²) in [5.41, 5.74) is 2.60. The number of benzene rings is 2. The van der Waals surface area contributed by atoms with Crippen LogP contribution in [-0.4, -0.2) is 54.7 Å². The Bertz CT molecular complexity index is 1640. The highest BCUT2D eigenvalue weighted by molar-refractivity contribution is 7.89. The molecule has 2 aromatic carbocycles. The molecule has 1 aliphatic heterocycles. The van der Waals surface area contributed by atoms with E-state index in [1.54, 1.807) is 44.0 Å². The Morgan fingerprint density at radius 2 is 1.76 bits per heavy atom. The molecule has 3 amide bonds. The molecule has 0 atom stereocenters. The van der Waals surface area contributed by atoms with Crippen LogP contribution in [0.2, 0.25) is 0 Å². The average molecular weight is 654 g/mol. The van der Waals surface area contributed by atoms with E-state index in [9.17, 15) is 18.0 Å². The first-order valence-electron chi connectivity index (χ1n) is 15.5. The Morgan fingerprint density at radius 1 is 1.04 bits per heavy atom. The third-order valence-corrected chi connectivity index (χ3v) is 10.9. The van der Waals surface area contributed by atoms with E-state index in [4.69, 9.17) is 9.72 Å². The number of carbonyl (C=O) groups is 2. The molecule has 0 unspecified atom stereocenters. The van der Waals surface area contributed by atoms with Gasteiger partial charge < -0.3 is 20.3 Å². The number of hydrogen-bond donors (Lipinski definition) is 3. The molecule has 1 fully saturated rings. The molecule has 0 spiro atoms. The lowest BCUT2D eigenvalue weighted by Crippen LogP contribution is -2.40. The van der Waals surface area contributed by atoms with Gasteiger partial charge in [0.05, 0.1) is 20.9 Å². The van der Waals surface area contributed by atoms with E-state index in [0.717, 1.165) is 47.6 Å². The van der Waals surface area contributed by atoms with E-state index in [1.807, 2.05) is 32.0 Å². The number of aromatic nitrogens is 1. The highest BCUT2D eigenvalue weighted by Gasteiger charge is 2.29. The summed E-state index contributed by atoms with van der Waals surface area (Å²) in [5.74, 6) is 0.226. The molecular formula is C33H43N5O5S2. The minimum Gasteiger partial charge on any atom is -0.447 e. The molecule has 1 saturated carbocycles. The van der Waals surface area contributed by atoms with Crippen LogP contribution in [0.15, 0.2) is 53.6 Å². The minimum absolute atomic E-state index is 0.0644. The Kier molecular flexibility index (Phi) is 9.85. The van der Waals surface area contributed by atoms with Crippen LogP contribution in [0.25, 0.3) is 10.4 Å². The van der Waals surface area contributed by atoms with E-state index < -0.39 is 15.6 Å². The maximum absolute atomic E-state index is 13.7. The number of thiazole rings is 1. The van der Waals surface area contributed by atoms with E-state index >= 15 is 0 Å². The molecule has 0 bridgehead atoms. The molecule has 0 saturated heterocycles. The smallest absolute Gasteiger partial charge is 0.407 e. The summed E-state index contributed by atoms with van der Waals surface area (Å²) in [6.45, 7) is 10.1. The fourth-order valence-electron chi connectivity index (χ4n) is 5.86. The third-order valence-electron chi connectivity index (χ3n) is 7.91. The van der Waals surface area contributed by atoms with Crippen LogP contribution in [0.4, 0.5) is 15.3 Å². The minimum atomic E-state index is -3.95. The van der Waals surface area contributed by atoms with Crippen LogP contribution in [-0.2, 0) is 27.7 Å². The molecule has 0 radical (unpaired) electrons. The van der Waals surface area contributed by atoms with E-state index in [2.05, 4.69) is 21.4 Å². The quantitative estimate of drug-likeness (QED) is 0.262. The summed E-state index contributed by atoms with van der Waals surface area (Å²) in [4.78, 5) is 32.5. The van der Waals surface area contributed by atoms with Gasteiger partial charge in [-0.3, -0.25) is 0 Å². The Morgan fingerprint density at radius 3 is 2.44 bits per heavy atom. The van der Waals surface area contributed by atoms with Gasteiger partial charge in [0.25, 0.3) is 0 Å². The van der Waals surface area contributed by atoms with E-state index in [1.165, 1.54) is 23.0 Å².